The summed E-state index contributed by atoms with van der Waals surface area (Å²) >= 11 is 0. The number of amides is 4. The first kappa shape index (κ1) is 14.8. The number of rotatable bonds is 4. The van der Waals surface area contributed by atoms with Crippen molar-refractivity contribution in [2.75, 3.05) is 19.6 Å². The van der Waals surface area contributed by atoms with E-state index in [4.69, 9.17) is 0 Å². The summed E-state index contributed by atoms with van der Waals surface area (Å²) in [6, 6.07) is -0.351. The van der Waals surface area contributed by atoms with Crippen LogP contribution in [0.2, 0.25) is 0 Å². The number of imide groups is 1. The second-order valence-corrected chi connectivity index (χ2v) is 5.49. The van der Waals surface area contributed by atoms with Gasteiger partial charge in [0.05, 0.1) is 6.54 Å². The Morgan fingerprint density at radius 1 is 1.25 bits per heavy atom. The zero-order chi connectivity index (χ0) is 14.7. The van der Waals surface area contributed by atoms with E-state index < -0.39 is 0 Å². The van der Waals surface area contributed by atoms with Gasteiger partial charge in [0, 0.05) is 25.0 Å². The first-order chi connectivity index (χ1) is 9.58. The van der Waals surface area contributed by atoms with Crippen molar-refractivity contribution in [2.24, 2.45) is 5.92 Å². The number of hydrogen-bond acceptors (Lipinski definition) is 3. The molecule has 4 amide bonds. The standard InChI is InChI=1S/C14H23N3O3/c1-3-10(4-2)13(19)16-7-5-11(6-8-16)17-12(18)9-15-14(17)20/h10-11H,3-9H2,1-2H3,(H,15,20). The molecule has 2 fully saturated rings. The second-order valence-electron chi connectivity index (χ2n) is 5.49. The third-order valence-corrected chi connectivity index (χ3v) is 4.35. The van der Waals surface area contributed by atoms with Crippen LogP contribution in [0.15, 0.2) is 0 Å². The van der Waals surface area contributed by atoms with Crippen molar-refractivity contribution in [3.05, 3.63) is 0 Å². The van der Waals surface area contributed by atoms with Crippen molar-refractivity contribution in [1.82, 2.24) is 15.1 Å². The van der Waals surface area contributed by atoms with Crippen LogP contribution in [0, 0.1) is 5.92 Å². The minimum atomic E-state index is -0.292. The molecule has 0 radical (unpaired) electrons. The summed E-state index contributed by atoms with van der Waals surface area (Å²) in [5.74, 6) is 0.161. The molecule has 0 bridgehead atoms. The maximum Gasteiger partial charge on any atom is 0.324 e. The van der Waals surface area contributed by atoms with Gasteiger partial charge in [0.1, 0.15) is 0 Å². The number of nitrogens with one attached hydrogen (secondary N) is 1. The maximum atomic E-state index is 12.3. The van der Waals surface area contributed by atoms with Crippen LogP contribution in [0.5, 0.6) is 0 Å². The van der Waals surface area contributed by atoms with E-state index >= 15 is 0 Å². The minimum Gasteiger partial charge on any atom is -0.342 e. The van der Waals surface area contributed by atoms with Gasteiger partial charge in [-0.25, -0.2) is 4.79 Å². The van der Waals surface area contributed by atoms with E-state index in [1.165, 1.54) is 4.90 Å². The number of carbonyl (C=O) groups excluding carboxylic acids is 3. The number of carbonyl (C=O) groups is 3. The molecule has 2 aliphatic heterocycles. The van der Waals surface area contributed by atoms with Crippen LogP contribution in [0.1, 0.15) is 39.5 Å². The molecule has 0 aromatic carbocycles. The highest BCUT2D eigenvalue weighted by atomic mass is 16.2. The predicted molar refractivity (Wildman–Crippen MR) is 73.9 cm³/mol. The van der Waals surface area contributed by atoms with Gasteiger partial charge in [0.25, 0.3) is 0 Å². The van der Waals surface area contributed by atoms with Crippen molar-refractivity contribution in [3.63, 3.8) is 0 Å². The number of piperidine rings is 1. The first-order valence-electron chi connectivity index (χ1n) is 7.47. The summed E-state index contributed by atoms with van der Waals surface area (Å²) in [5, 5.41) is 2.54. The fraction of sp³-hybridized carbons (Fsp3) is 0.786. The van der Waals surface area contributed by atoms with Crippen LogP contribution >= 0.6 is 0 Å². The summed E-state index contributed by atoms with van der Waals surface area (Å²) < 4.78 is 0. The van der Waals surface area contributed by atoms with Crippen molar-refractivity contribution in [3.8, 4) is 0 Å². The van der Waals surface area contributed by atoms with Crippen LogP contribution in [-0.2, 0) is 9.59 Å². The summed E-state index contributed by atoms with van der Waals surface area (Å²) in [6.07, 6.45) is 3.10. The molecule has 0 atom stereocenters. The number of hydrogen-bond donors (Lipinski definition) is 1. The van der Waals surface area contributed by atoms with Gasteiger partial charge in [-0.2, -0.15) is 0 Å². The molecule has 0 spiro atoms. The zero-order valence-corrected chi connectivity index (χ0v) is 12.2. The van der Waals surface area contributed by atoms with Gasteiger partial charge >= 0.3 is 6.03 Å². The normalized spacial score (nSPS) is 20.8. The predicted octanol–water partition coefficient (Wildman–Crippen LogP) is 0.965. The summed E-state index contributed by atoms with van der Waals surface area (Å²) in [6.45, 7) is 5.44. The van der Waals surface area contributed by atoms with Crippen molar-refractivity contribution < 1.29 is 14.4 Å². The van der Waals surface area contributed by atoms with E-state index in [9.17, 15) is 14.4 Å². The average Bonchev–Trinajstić information content (AvgIpc) is 2.79. The third kappa shape index (κ3) is 2.78. The van der Waals surface area contributed by atoms with Crippen molar-refractivity contribution in [2.45, 2.75) is 45.6 Å². The highest BCUT2D eigenvalue weighted by Gasteiger charge is 2.37. The molecule has 0 aromatic rings. The molecule has 1 N–H and O–H groups in total. The van der Waals surface area contributed by atoms with Gasteiger partial charge in [-0.15, -0.1) is 0 Å². The molecular weight excluding hydrogens is 258 g/mol. The second kappa shape index (κ2) is 6.24. The lowest BCUT2D eigenvalue weighted by atomic mass is 9.98. The number of urea groups is 1. The van der Waals surface area contributed by atoms with Gasteiger partial charge in [-0.05, 0) is 25.7 Å². The molecule has 0 aliphatic carbocycles. The lowest BCUT2D eigenvalue weighted by Gasteiger charge is -2.36. The van der Waals surface area contributed by atoms with E-state index in [1.54, 1.807) is 0 Å². The molecule has 0 saturated carbocycles. The molecule has 20 heavy (non-hydrogen) atoms. The molecular formula is C14H23N3O3. The Balaban J connectivity index is 1.91. The molecule has 2 aliphatic rings. The van der Waals surface area contributed by atoms with E-state index in [0.717, 1.165) is 12.8 Å². The monoisotopic (exact) mass is 281 g/mol. The smallest absolute Gasteiger partial charge is 0.324 e. The fourth-order valence-corrected chi connectivity index (χ4v) is 3.04. The Bertz CT molecular complexity index is 382. The molecule has 112 valence electrons. The lowest BCUT2D eigenvalue weighted by molar-refractivity contribution is -0.137. The SMILES string of the molecule is CCC(CC)C(=O)N1CCC(N2C(=O)CNC2=O)CC1. The van der Waals surface area contributed by atoms with Gasteiger partial charge in [0.15, 0.2) is 0 Å². The van der Waals surface area contributed by atoms with Gasteiger partial charge in [-0.3, -0.25) is 14.5 Å². The Labute approximate surface area is 119 Å². The van der Waals surface area contributed by atoms with E-state index in [-0.39, 0.29) is 36.3 Å². The van der Waals surface area contributed by atoms with E-state index in [1.807, 2.05) is 18.7 Å². The van der Waals surface area contributed by atoms with Crippen LogP contribution in [-0.4, -0.2) is 53.3 Å². The third-order valence-electron chi connectivity index (χ3n) is 4.35. The Morgan fingerprint density at radius 2 is 1.85 bits per heavy atom. The molecule has 6 heteroatoms. The van der Waals surface area contributed by atoms with Crippen molar-refractivity contribution >= 4 is 17.8 Å². The Morgan fingerprint density at radius 3 is 2.30 bits per heavy atom. The van der Waals surface area contributed by atoms with E-state index in [0.29, 0.717) is 25.9 Å². The molecule has 2 saturated heterocycles. The quantitative estimate of drug-likeness (QED) is 0.780. The fourth-order valence-electron chi connectivity index (χ4n) is 3.04. The number of nitrogens with zero attached hydrogens (tertiary/aromatic N) is 2. The molecule has 0 unspecified atom stereocenters. The highest BCUT2D eigenvalue weighted by Crippen LogP contribution is 2.21. The molecule has 6 nitrogen and oxygen atoms in total. The summed E-state index contributed by atoms with van der Waals surface area (Å²) in [7, 11) is 0. The maximum absolute atomic E-state index is 12.3. The Hall–Kier alpha value is -1.59. The van der Waals surface area contributed by atoms with Crippen LogP contribution in [0.3, 0.4) is 0 Å². The van der Waals surface area contributed by atoms with Crippen LogP contribution in [0.4, 0.5) is 4.79 Å². The van der Waals surface area contributed by atoms with Crippen LogP contribution in [0.25, 0.3) is 0 Å². The molecule has 2 rings (SSSR count). The lowest BCUT2D eigenvalue weighted by Crippen LogP contribution is -2.50. The largest absolute Gasteiger partial charge is 0.342 e. The van der Waals surface area contributed by atoms with Crippen molar-refractivity contribution in [1.29, 1.82) is 0 Å². The molecule has 2 heterocycles. The Kier molecular flexibility index (Phi) is 4.62. The highest BCUT2D eigenvalue weighted by molar-refractivity contribution is 6.02. The average molecular weight is 281 g/mol. The minimum absolute atomic E-state index is 0.0595. The van der Waals surface area contributed by atoms with Gasteiger partial charge in [0.2, 0.25) is 11.8 Å². The zero-order valence-electron chi connectivity index (χ0n) is 12.2. The van der Waals surface area contributed by atoms with Gasteiger partial charge in [-0.1, -0.05) is 13.8 Å². The van der Waals surface area contributed by atoms with Crippen LogP contribution < -0.4 is 5.32 Å². The van der Waals surface area contributed by atoms with Gasteiger partial charge < -0.3 is 10.2 Å². The molecule has 0 aromatic heterocycles. The first-order valence-corrected chi connectivity index (χ1v) is 7.47. The number of likely N-dealkylation sites (tertiary alicyclic amines) is 1. The summed E-state index contributed by atoms with van der Waals surface area (Å²) in [4.78, 5) is 38.8. The summed E-state index contributed by atoms with van der Waals surface area (Å²) in [5.41, 5.74) is 0. The topological polar surface area (TPSA) is 69.7 Å². The van der Waals surface area contributed by atoms with E-state index in [2.05, 4.69) is 5.32 Å².